The summed E-state index contributed by atoms with van der Waals surface area (Å²) in [5.41, 5.74) is 7.42. The van der Waals surface area contributed by atoms with Crippen molar-refractivity contribution in [1.29, 1.82) is 0 Å². The van der Waals surface area contributed by atoms with Crippen LogP contribution in [0.5, 0.6) is 0 Å². The highest BCUT2D eigenvalue weighted by Crippen LogP contribution is 2.28. The highest BCUT2D eigenvalue weighted by molar-refractivity contribution is 5.47. The molecule has 0 aliphatic heterocycles. The molecule has 16 heavy (non-hydrogen) atoms. The number of hydrogen-bond acceptors (Lipinski definition) is 2. The number of hydrogen-bond donors (Lipinski definition) is 2. The van der Waals surface area contributed by atoms with Gasteiger partial charge in [-0.15, -0.1) is 0 Å². The zero-order chi connectivity index (χ0) is 11.5. The Hall–Kier alpha value is -1.09. The fourth-order valence-corrected chi connectivity index (χ4v) is 2.46. The summed E-state index contributed by atoms with van der Waals surface area (Å²) in [5, 5.41) is 3.46. The Kier molecular flexibility index (Phi) is 3.44. The molecule has 2 atom stereocenters. The highest BCUT2D eigenvalue weighted by atomic mass is 19.1. The minimum absolute atomic E-state index is 0.146. The van der Waals surface area contributed by atoms with Crippen molar-refractivity contribution < 1.29 is 4.39 Å². The van der Waals surface area contributed by atoms with Crippen LogP contribution in [0.25, 0.3) is 0 Å². The van der Waals surface area contributed by atoms with E-state index < -0.39 is 0 Å². The van der Waals surface area contributed by atoms with Crippen LogP contribution >= 0.6 is 0 Å². The summed E-state index contributed by atoms with van der Waals surface area (Å²) in [5.74, 6) is 0.415. The molecule has 1 saturated carbocycles. The third-order valence-corrected chi connectivity index (χ3v) is 3.47. The quantitative estimate of drug-likeness (QED) is 0.825. The molecule has 2 nitrogen and oxygen atoms in total. The van der Waals surface area contributed by atoms with E-state index in [1.807, 2.05) is 6.07 Å². The van der Waals surface area contributed by atoms with Crippen molar-refractivity contribution in [3.8, 4) is 0 Å². The zero-order valence-corrected chi connectivity index (χ0v) is 9.67. The summed E-state index contributed by atoms with van der Waals surface area (Å²) in [7, 11) is 0. The summed E-state index contributed by atoms with van der Waals surface area (Å²) in [6.07, 6.45) is 3.60. The second kappa shape index (κ2) is 4.83. The van der Waals surface area contributed by atoms with Gasteiger partial charge >= 0.3 is 0 Å². The lowest BCUT2D eigenvalue weighted by molar-refractivity contribution is 0.516. The summed E-state index contributed by atoms with van der Waals surface area (Å²) < 4.78 is 13.1. The topological polar surface area (TPSA) is 38.0 Å². The first-order valence-corrected chi connectivity index (χ1v) is 5.93. The van der Waals surface area contributed by atoms with Crippen molar-refractivity contribution in [2.75, 3.05) is 11.9 Å². The predicted octanol–water partition coefficient (Wildman–Crippen LogP) is 2.67. The molecule has 88 valence electrons. The van der Waals surface area contributed by atoms with Gasteiger partial charge in [0.15, 0.2) is 0 Å². The molecular weight excluding hydrogens is 203 g/mol. The molecule has 1 aliphatic carbocycles. The van der Waals surface area contributed by atoms with Crippen molar-refractivity contribution in [3.63, 3.8) is 0 Å². The van der Waals surface area contributed by atoms with Crippen LogP contribution in [-0.4, -0.2) is 12.6 Å². The van der Waals surface area contributed by atoms with Gasteiger partial charge in [-0.1, -0.05) is 6.42 Å². The molecule has 0 aromatic heterocycles. The molecule has 0 radical (unpaired) electrons. The summed E-state index contributed by atoms with van der Waals surface area (Å²) in [6, 6.07) is 5.63. The molecule has 2 rings (SSSR count). The summed E-state index contributed by atoms with van der Waals surface area (Å²) >= 11 is 0. The van der Waals surface area contributed by atoms with Gasteiger partial charge < -0.3 is 11.1 Å². The smallest absolute Gasteiger partial charge is 0.126 e. The number of aryl methyl sites for hydroxylation is 1. The Morgan fingerprint density at radius 2 is 2.25 bits per heavy atom. The lowest BCUT2D eigenvalue weighted by atomic mass is 10.0. The molecule has 0 bridgehead atoms. The maximum atomic E-state index is 13.1. The SMILES string of the molecule is Cc1cc(NC2CCCC2CN)ccc1F. The van der Waals surface area contributed by atoms with Crippen LogP contribution in [-0.2, 0) is 0 Å². The van der Waals surface area contributed by atoms with Crippen LogP contribution in [0.3, 0.4) is 0 Å². The van der Waals surface area contributed by atoms with Gasteiger partial charge in [-0.3, -0.25) is 0 Å². The van der Waals surface area contributed by atoms with Gasteiger partial charge in [-0.25, -0.2) is 4.39 Å². The molecule has 3 heteroatoms. The maximum absolute atomic E-state index is 13.1. The van der Waals surface area contributed by atoms with E-state index in [0.717, 1.165) is 18.7 Å². The summed E-state index contributed by atoms with van der Waals surface area (Å²) in [4.78, 5) is 0. The first-order chi connectivity index (χ1) is 7.70. The second-order valence-corrected chi connectivity index (χ2v) is 4.64. The van der Waals surface area contributed by atoms with E-state index in [0.29, 0.717) is 17.5 Å². The maximum Gasteiger partial charge on any atom is 0.126 e. The normalized spacial score (nSPS) is 24.7. The largest absolute Gasteiger partial charge is 0.382 e. The molecule has 1 fully saturated rings. The van der Waals surface area contributed by atoms with E-state index in [2.05, 4.69) is 5.32 Å². The van der Waals surface area contributed by atoms with Crippen LogP contribution in [0.4, 0.5) is 10.1 Å². The van der Waals surface area contributed by atoms with Gasteiger partial charge in [0.2, 0.25) is 0 Å². The average molecular weight is 222 g/mol. The predicted molar refractivity (Wildman–Crippen MR) is 64.9 cm³/mol. The Morgan fingerprint density at radius 3 is 2.94 bits per heavy atom. The molecule has 0 spiro atoms. The van der Waals surface area contributed by atoms with Crippen LogP contribution < -0.4 is 11.1 Å². The van der Waals surface area contributed by atoms with E-state index in [1.54, 1.807) is 13.0 Å². The Bertz CT molecular complexity index is 365. The molecule has 2 unspecified atom stereocenters. The van der Waals surface area contributed by atoms with Crippen LogP contribution in [0.1, 0.15) is 24.8 Å². The Labute approximate surface area is 96.0 Å². The minimum Gasteiger partial charge on any atom is -0.382 e. The van der Waals surface area contributed by atoms with Crippen LogP contribution in [0, 0.1) is 18.7 Å². The third kappa shape index (κ3) is 2.35. The van der Waals surface area contributed by atoms with Crippen LogP contribution in [0.15, 0.2) is 18.2 Å². The zero-order valence-electron chi connectivity index (χ0n) is 9.67. The molecular formula is C13H19FN2. The number of rotatable bonds is 3. The highest BCUT2D eigenvalue weighted by Gasteiger charge is 2.25. The number of nitrogens with one attached hydrogen (secondary N) is 1. The van der Waals surface area contributed by atoms with Gasteiger partial charge in [-0.05, 0) is 56.0 Å². The van der Waals surface area contributed by atoms with Crippen molar-refractivity contribution in [3.05, 3.63) is 29.6 Å². The first-order valence-electron chi connectivity index (χ1n) is 5.93. The van der Waals surface area contributed by atoms with E-state index in [4.69, 9.17) is 5.73 Å². The van der Waals surface area contributed by atoms with Gasteiger partial charge in [0.05, 0.1) is 0 Å². The van der Waals surface area contributed by atoms with E-state index in [1.165, 1.54) is 18.9 Å². The van der Waals surface area contributed by atoms with Crippen LogP contribution in [0.2, 0.25) is 0 Å². The van der Waals surface area contributed by atoms with Gasteiger partial charge in [-0.2, -0.15) is 0 Å². The molecule has 0 amide bonds. The lowest BCUT2D eigenvalue weighted by Crippen LogP contribution is -2.29. The van der Waals surface area contributed by atoms with Crippen molar-refractivity contribution in [1.82, 2.24) is 0 Å². The van der Waals surface area contributed by atoms with Gasteiger partial charge in [0.1, 0.15) is 5.82 Å². The molecule has 1 aromatic carbocycles. The lowest BCUT2D eigenvalue weighted by Gasteiger charge is -2.21. The van der Waals surface area contributed by atoms with Crippen molar-refractivity contribution in [2.45, 2.75) is 32.2 Å². The molecule has 0 heterocycles. The number of nitrogens with two attached hydrogens (primary N) is 1. The first kappa shape index (κ1) is 11.4. The Balaban J connectivity index is 2.05. The third-order valence-electron chi connectivity index (χ3n) is 3.47. The average Bonchev–Trinajstić information content (AvgIpc) is 2.71. The molecule has 0 saturated heterocycles. The van der Waals surface area contributed by atoms with Crippen molar-refractivity contribution in [2.24, 2.45) is 11.7 Å². The summed E-state index contributed by atoms with van der Waals surface area (Å²) in [6.45, 7) is 2.52. The van der Waals surface area contributed by atoms with E-state index in [-0.39, 0.29) is 5.82 Å². The van der Waals surface area contributed by atoms with Crippen molar-refractivity contribution >= 4 is 5.69 Å². The molecule has 3 N–H and O–H groups in total. The van der Waals surface area contributed by atoms with Gasteiger partial charge in [0, 0.05) is 11.7 Å². The standard InChI is InChI=1S/C13H19FN2/c1-9-7-11(5-6-12(9)14)16-13-4-2-3-10(13)8-15/h5-7,10,13,16H,2-4,8,15H2,1H3. The fraction of sp³-hybridized carbons (Fsp3) is 0.538. The molecule has 1 aliphatic rings. The second-order valence-electron chi connectivity index (χ2n) is 4.64. The number of halogens is 1. The molecule has 1 aromatic rings. The fourth-order valence-electron chi connectivity index (χ4n) is 2.46. The van der Waals surface area contributed by atoms with E-state index >= 15 is 0 Å². The van der Waals surface area contributed by atoms with Gasteiger partial charge in [0.25, 0.3) is 0 Å². The number of anilines is 1. The monoisotopic (exact) mass is 222 g/mol. The Morgan fingerprint density at radius 1 is 1.44 bits per heavy atom. The minimum atomic E-state index is -0.146. The number of benzene rings is 1. The van der Waals surface area contributed by atoms with E-state index in [9.17, 15) is 4.39 Å².